The number of carbonyl (C=O) groups is 2. The van der Waals surface area contributed by atoms with Gasteiger partial charge in [-0.25, -0.2) is 4.39 Å². The summed E-state index contributed by atoms with van der Waals surface area (Å²) in [6.45, 7) is 5.88. The minimum Gasteiger partial charge on any atom is -0.351 e. The maximum Gasteiger partial charge on any atom is 0.266 e. The van der Waals surface area contributed by atoms with Gasteiger partial charge >= 0.3 is 0 Å². The number of nitrogens with zero attached hydrogens (tertiary/aromatic N) is 1. The van der Waals surface area contributed by atoms with Crippen molar-refractivity contribution in [1.82, 2.24) is 10.2 Å². The summed E-state index contributed by atoms with van der Waals surface area (Å²) in [5.74, 6) is -0.834. The second-order valence-corrected chi connectivity index (χ2v) is 8.08. The summed E-state index contributed by atoms with van der Waals surface area (Å²) in [7, 11) is 0. The van der Waals surface area contributed by atoms with Gasteiger partial charge in [0, 0.05) is 24.1 Å². The van der Waals surface area contributed by atoms with Gasteiger partial charge in [0.15, 0.2) is 0 Å². The molecular weight excluding hydrogens is 347 g/mol. The third-order valence-corrected chi connectivity index (χ3v) is 4.52. The van der Waals surface area contributed by atoms with E-state index in [1.54, 1.807) is 18.2 Å². The van der Waals surface area contributed by atoms with E-state index in [2.05, 4.69) is 5.32 Å². The monoisotopic (exact) mass is 366 g/mol. The summed E-state index contributed by atoms with van der Waals surface area (Å²) in [5.41, 5.74) is 0.0144. The number of thioether (sulfide) groups is 1. The van der Waals surface area contributed by atoms with Gasteiger partial charge in [0.25, 0.3) is 5.91 Å². The predicted octanol–water partition coefficient (Wildman–Crippen LogP) is 3.33. The molecule has 1 heterocycles. The van der Waals surface area contributed by atoms with Crippen molar-refractivity contribution in [3.63, 3.8) is 0 Å². The predicted molar refractivity (Wildman–Crippen MR) is 98.8 cm³/mol. The van der Waals surface area contributed by atoms with Crippen LogP contribution in [0.2, 0.25) is 0 Å². The molecule has 4 nitrogen and oxygen atoms in total. The lowest BCUT2D eigenvalue weighted by molar-refractivity contribution is -0.124. The van der Waals surface area contributed by atoms with Crippen molar-refractivity contribution in [2.75, 3.05) is 6.54 Å². The Kier molecular flexibility index (Phi) is 5.77. The van der Waals surface area contributed by atoms with E-state index in [0.717, 1.165) is 11.8 Å². The molecule has 0 saturated carbocycles. The van der Waals surface area contributed by atoms with Crippen molar-refractivity contribution in [1.29, 1.82) is 0 Å². The van der Waals surface area contributed by atoms with Gasteiger partial charge in [-0.2, -0.15) is 0 Å². The molecule has 1 N–H and O–H groups in total. The van der Waals surface area contributed by atoms with Gasteiger partial charge in [0.1, 0.15) is 10.1 Å². The highest BCUT2D eigenvalue weighted by Crippen LogP contribution is 2.32. The molecule has 0 aromatic heterocycles. The van der Waals surface area contributed by atoms with E-state index in [1.807, 2.05) is 20.8 Å². The molecule has 128 valence electrons. The van der Waals surface area contributed by atoms with Gasteiger partial charge in [-0.3, -0.25) is 14.5 Å². The Labute approximate surface area is 150 Å². The summed E-state index contributed by atoms with van der Waals surface area (Å²) < 4.78 is 14.1. The Hall–Kier alpha value is -1.73. The van der Waals surface area contributed by atoms with E-state index in [1.165, 1.54) is 17.0 Å². The minimum atomic E-state index is -0.396. The molecule has 2 rings (SSSR count). The summed E-state index contributed by atoms with van der Waals surface area (Å²) in [6, 6.07) is 6.22. The maximum absolute atomic E-state index is 13.7. The first-order valence-corrected chi connectivity index (χ1v) is 8.71. The van der Waals surface area contributed by atoms with Crippen LogP contribution >= 0.6 is 24.0 Å². The number of amides is 2. The Morgan fingerprint density at radius 2 is 2.04 bits per heavy atom. The average molecular weight is 366 g/mol. The van der Waals surface area contributed by atoms with E-state index < -0.39 is 5.82 Å². The number of hydrogen-bond donors (Lipinski definition) is 1. The first-order chi connectivity index (χ1) is 11.2. The fourth-order valence-corrected chi connectivity index (χ4v) is 3.42. The number of thiocarbonyl (C=S) groups is 1. The molecule has 0 spiro atoms. The number of halogens is 1. The molecule has 2 amide bonds. The van der Waals surface area contributed by atoms with Crippen LogP contribution in [0.3, 0.4) is 0 Å². The second-order valence-electron chi connectivity index (χ2n) is 6.40. The minimum absolute atomic E-state index is 0.144. The van der Waals surface area contributed by atoms with Crippen LogP contribution in [0.1, 0.15) is 32.8 Å². The highest BCUT2D eigenvalue weighted by molar-refractivity contribution is 8.26. The summed E-state index contributed by atoms with van der Waals surface area (Å²) in [4.78, 5) is 26.1. The summed E-state index contributed by atoms with van der Waals surface area (Å²) >= 11 is 6.33. The van der Waals surface area contributed by atoms with Gasteiger partial charge in [-0.1, -0.05) is 42.2 Å². The SMILES string of the molecule is CC(C)(C)NC(=O)CCN1C(=O)/C(=C\c2ccccc2F)SC1=S. The lowest BCUT2D eigenvalue weighted by Crippen LogP contribution is -2.42. The Morgan fingerprint density at radius 3 is 2.67 bits per heavy atom. The molecule has 1 fully saturated rings. The van der Waals surface area contributed by atoms with Crippen LogP contribution in [-0.4, -0.2) is 33.1 Å². The fourth-order valence-electron chi connectivity index (χ4n) is 2.12. The van der Waals surface area contributed by atoms with E-state index in [0.29, 0.717) is 14.8 Å². The van der Waals surface area contributed by atoms with Crippen LogP contribution in [-0.2, 0) is 9.59 Å². The van der Waals surface area contributed by atoms with Crippen LogP contribution in [0.4, 0.5) is 4.39 Å². The van der Waals surface area contributed by atoms with Crippen molar-refractivity contribution in [3.05, 3.63) is 40.6 Å². The quantitative estimate of drug-likeness (QED) is 0.656. The van der Waals surface area contributed by atoms with Crippen molar-refractivity contribution >= 4 is 46.2 Å². The molecule has 0 radical (unpaired) electrons. The standard InChI is InChI=1S/C17H19FN2O2S2/c1-17(2,3)19-14(21)8-9-20-15(22)13(24-16(20)23)10-11-6-4-5-7-12(11)18/h4-7,10H,8-9H2,1-3H3,(H,19,21)/b13-10+. The molecular formula is C17H19FN2O2S2. The molecule has 1 saturated heterocycles. The number of rotatable bonds is 4. The van der Waals surface area contributed by atoms with Crippen LogP contribution in [0.15, 0.2) is 29.2 Å². The largest absolute Gasteiger partial charge is 0.351 e. The van der Waals surface area contributed by atoms with Gasteiger partial charge in [-0.15, -0.1) is 0 Å². The van der Waals surface area contributed by atoms with E-state index in [-0.39, 0.29) is 30.3 Å². The molecule has 1 aliphatic heterocycles. The van der Waals surface area contributed by atoms with Gasteiger partial charge in [0.2, 0.25) is 5.91 Å². The highest BCUT2D eigenvalue weighted by atomic mass is 32.2. The molecule has 1 aromatic rings. The molecule has 1 aliphatic rings. The number of nitrogens with one attached hydrogen (secondary N) is 1. The van der Waals surface area contributed by atoms with Crippen LogP contribution in [0.5, 0.6) is 0 Å². The lowest BCUT2D eigenvalue weighted by atomic mass is 10.1. The first-order valence-electron chi connectivity index (χ1n) is 7.48. The van der Waals surface area contributed by atoms with Crippen molar-refractivity contribution in [3.8, 4) is 0 Å². The number of hydrogen-bond acceptors (Lipinski definition) is 4. The Bertz CT molecular complexity index is 711. The average Bonchev–Trinajstić information content (AvgIpc) is 2.72. The lowest BCUT2D eigenvalue weighted by Gasteiger charge is -2.21. The Balaban J connectivity index is 2.04. The van der Waals surface area contributed by atoms with Gasteiger partial charge < -0.3 is 5.32 Å². The highest BCUT2D eigenvalue weighted by Gasteiger charge is 2.32. The van der Waals surface area contributed by atoms with E-state index in [4.69, 9.17) is 12.2 Å². The molecule has 1 aromatic carbocycles. The third kappa shape index (κ3) is 4.88. The van der Waals surface area contributed by atoms with Crippen LogP contribution in [0, 0.1) is 5.82 Å². The molecule has 0 atom stereocenters. The smallest absolute Gasteiger partial charge is 0.266 e. The molecule has 24 heavy (non-hydrogen) atoms. The zero-order chi connectivity index (χ0) is 17.9. The molecule has 0 bridgehead atoms. The van der Waals surface area contributed by atoms with E-state index in [9.17, 15) is 14.0 Å². The van der Waals surface area contributed by atoms with Gasteiger partial charge in [0.05, 0.1) is 4.91 Å². The molecule has 0 unspecified atom stereocenters. The summed E-state index contributed by atoms with van der Waals surface area (Å²) in [5, 5.41) is 2.84. The first kappa shape index (κ1) is 18.6. The van der Waals surface area contributed by atoms with Crippen molar-refractivity contribution in [2.45, 2.75) is 32.7 Å². The zero-order valence-corrected chi connectivity index (χ0v) is 15.4. The Morgan fingerprint density at radius 1 is 1.38 bits per heavy atom. The van der Waals surface area contributed by atoms with Crippen LogP contribution < -0.4 is 5.32 Å². The zero-order valence-electron chi connectivity index (χ0n) is 13.8. The third-order valence-electron chi connectivity index (χ3n) is 3.14. The second kappa shape index (κ2) is 7.44. The number of carbonyl (C=O) groups excluding carboxylic acids is 2. The van der Waals surface area contributed by atoms with Gasteiger partial charge in [-0.05, 0) is 32.9 Å². The molecule has 7 heteroatoms. The number of benzene rings is 1. The topological polar surface area (TPSA) is 49.4 Å². The molecule has 0 aliphatic carbocycles. The van der Waals surface area contributed by atoms with Crippen LogP contribution in [0.25, 0.3) is 6.08 Å². The fraction of sp³-hybridized carbons (Fsp3) is 0.353. The summed E-state index contributed by atoms with van der Waals surface area (Å²) in [6.07, 6.45) is 1.65. The maximum atomic E-state index is 13.7. The van der Waals surface area contributed by atoms with E-state index >= 15 is 0 Å². The van der Waals surface area contributed by atoms with Crippen molar-refractivity contribution in [2.24, 2.45) is 0 Å². The van der Waals surface area contributed by atoms with Crippen molar-refractivity contribution < 1.29 is 14.0 Å². The normalized spacial score (nSPS) is 16.8.